The SMILES string of the molecule is C=CNC1CNCCC1CC. The monoisotopic (exact) mass is 154 g/mol. The van der Waals surface area contributed by atoms with Gasteiger partial charge in [-0.3, -0.25) is 0 Å². The summed E-state index contributed by atoms with van der Waals surface area (Å²) in [6, 6.07) is 0.603. The van der Waals surface area contributed by atoms with Crippen LogP contribution in [0.25, 0.3) is 0 Å². The molecule has 0 radical (unpaired) electrons. The van der Waals surface area contributed by atoms with Crippen LogP contribution in [0.3, 0.4) is 0 Å². The number of rotatable bonds is 3. The highest BCUT2D eigenvalue weighted by Gasteiger charge is 2.21. The zero-order valence-corrected chi connectivity index (χ0v) is 7.27. The van der Waals surface area contributed by atoms with E-state index in [0.29, 0.717) is 6.04 Å². The molecule has 0 bridgehead atoms. The molecule has 0 aliphatic carbocycles. The molecule has 1 saturated heterocycles. The van der Waals surface area contributed by atoms with Gasteiger partial charge in [0.05, 0.1) is 0 Å². The first kappa shape index (κ1) is 8.60. The minimum atomic E-state index is 0.603. The second-order valence-electron chi connectivity index (χ2n) is 3.14. The van der Waals surface area contributed by atoms with Crippen LogP contribution in [-0.2, 0) is 0 Å². The molecule has 2 N–H and O–H groups in total. The molecule has 0 spiro atoms. The van der Waals surface area contributed by atoms with Crippen LogP contribution in [0.5, 0.6) is 0 Å². The molecule has 0 amide bonds. The topological polar surface area (TPSA) is 24.1 Å². The van der Waals surface area contributed by atoms with Gasteiger partial charge in [-0.05, 0) is 25.1 Å². The molecule has 1 aliphatic heterocycles. The van der Waals surface area contributed by atoms with Gasteiger partial charge in [-0.2, -0.15) is 0 Å². The summed E-state index contributed by atoms with van der Waals surface area (Å²) >= 11 is 0. The van der Waals surface area contributed by atoms with Gasteiger partial charge in [-0.1, -0.05) is 19.9 Å². The van der Waals surface area contributed by atoms with E-state index in [9.17, 15) is 0 Å². The van der Waals surface area contributed by atoms with E-state index in [1.54, 1.807) is 6.20 Å². The Bertz CT molecular complexity index is 123. The number of hydrogen-bond donors (Lipinski definition) is 2. The molecule has 1 rings (SSSR count). The zero-order valence-electron chi connectivity index (χ0n) is 7.27. The fourth-order valence-corrected chi connectivity index (χ4v) is 1.75. The van der Waals surface area contributed by atoms with Gasteiger partial charge >= 0.3 is 0 Å². The lowest BCUT2D eigenvalue weighted by Gasteiger charge is -2.31. The Morgan fingerprint density at radius 3 is 3.18 bits per heavy atom. The van der Waals surface area contributed by atoms with Gasteiger partial charge in [0.25, 0.3) is 0 Å². The summed E-state index contributed by atoms with van der Waals surface area (Å²) in [5, 5.41) is 6.66. The van der Waals surface area contributed by atoms with Crippen molar-refractivity contribution in [1.29, 1.82) is 0 Å². The summed E-state index contributed by atoms with van der Waals surface area (Å²) in [4.78, 5) is 0. The predicted octanol–water partition coefficient (Wildman–Crippen LogP) is 1.11. The van der Waals surface area contributed by atoms with Crippen LogP contribution in [-0.4, -0.2) is 19.1 Å². The summed E-state index contributed by atoms with van der Waals surface area (Å²) < 4.78 is 0. The lowest BCUT2D eigenvalue weighted by atomic mass is 9.90. The van der Waals surface area contributed by atoms with E-state index in [0.717, 1.165) is 12.5 Å². The average Bonchev–Trinajstić information content (AvgIpc) is 2.06. The van der Waals surface area contributed by atoms with Gasteiger partial charge in [-0.15, -0.1) is 0 Å². The maximum absolute atomic E-state index is 3.68. The van der Waals surface area contributed by atoms with Crippen LogP contribution >= 0.6 is 0 Å². The number of piperidine rings is 1. The minimum absolute atomic E-state index is 0.603. The van der Waals surface area contributed by atoms with Crippen molar-refractivity contribution in [3.8, 4) is 0 Å². The summed E-state index contributed by atoms with van der Waals surface area (Å²) in [5.41, 5.74) is 0. The van der Waals surface area contributed by atoms with E-state index in [2.05, 4.69) is 24.1 Å². The van der Waals surface area contributed by atoms with Gasteiger partial charge in [0.1, 0.15) is 0 Å². The van der Waals surface area contributed by atoms with E-state index in [1.165, 1.54) is 19.4 Å². The highest BCUT2D eigenvalue weighted by atomic mass is 15.0. The molecular formula is C9H18N2. The lowest BCUT2D eigenvalue weighted by molar-refractivity contribution is 0.290. The first-order valence-electron chi connectivity index (χ1n) is 4.46. The van der Waals surface area contributed by atoms with Crippen molar-refractivity contribution in [3.05, 3.63) is 12.8 Å². The van der Waals surface area contributed by atoms with Gasteiger partial charge < -0.3 is 10.6 Å². The third-order valence-corrected chi connectivity index (χ3v) is 2.48. The molecular weight excluding hydrogens is 136 g/mol. The first-order chi connectivity index (χ1) is 5.38. The van der Waals surface area contributed by atoms with Crippen molar-refractivity contribution in [2.45, 2.75) is 25.8 Å². The van der Waals surface area contributed by atoms with Crippen molar-refractivity contribution in [3.63, 3.8) is 0 Å². The normalized spacial score (nSPS) is 31.4. The van der Waals surface area contributed by atoms with Gasteiger partial charge in [0, 0.05) is 12.6 Å². The summed E-state index contributed by atoms with van der Waals surface area (Å²) in [7, 11) is 0. The Labute approximate surface area is 69.1 Å². The quantitative estimate of drug-likeness (QED) is 0.636. The molecule has 0 aromatic rings. The van der Waals surface area contributed by atoms with Crippen molar-refractivity contribution in [1.82, 2.24) is 10.6 Å². The van der Waals surface area contributed by atoms with Gasteiger partial charge in [0.2, 0.25) is 0 Å². The summed E-state index contributed by atoms with van der Waals surface area (Å²) in [6.45, 7) is 8.20. The highest BCUT2D eigenvalue weighted by molar-refractivity contribution is 4.85. The molecule has 0 aromatic carbocycles. The Hall–Kier alpha value is -0.500. The van der Waals surface area contributed by atoms with Gasteiger partial charge in [0.15, 0.2) is 0 Å². The standard InChI is InChI=1S/C9H18N2/c1-3-8-5-6-10-7-9(8)11-4-2/h4,8-11H,2-3,5-7H2,1H3. The smallest absolute Gasteiger partial charge is 0.0408 e. The molecule has 2 nitrogen and oxygen atoms in total. The molecule has 0 aromatic heterocycles. The molecule has 1 fully saturated rings. The Morgan fingerprint density at radius 2 is 2.55 bits per heavy atom. The molecule has 64 valence electrons. The third kappa shape index (κ3) is 2.22. The maximum atomic E-state index is 3.68. The van der Waals surface area contributed by atoms with Crippen LogP contribution in [0.15, 0.2) is 12.8 Å². The first-order valence-corrected chi connectivity index (χ1v) is 4.46. The highest BCUT2D eigenvalue weighted by Crippen LogP contribution is 2.15. The summed E-state index contributed by atoms with van der Waals surface area (Å²) in [6.07, 6.45) is 4.37. The summed E-state index contributed by atoms with van der Waals surface area (Å²) in [5.74, 6) is 0.828. The van der Waals surface area contributed by atoms with Gasteiger partial charge in [-0.25, -0.2) is 0 Å². The molecule has 1 heterocycles. The Kier molecular flexibility index (Phi) is 3.43. The van der Waals surface area contributed by atoms with Crippen LogP contribution < -0.4 is 10.6 Å². The van der Waals surface area contributed by atoms with E-state index >= 15 is 0 Å². The van der Waals surface area contributed by atoms with Crippen LogP contribution in [0, 0.1) is 5.92 Å². The van der Waals surface area contributed by atoms with Crippen molar-refractivity contribution in [2.75, 3.05) is 13.1 Å². The van der Waals surface area contributed by atoms with Crippen LogP contribution in [0.2, 0.25) is 0 Å². The number of hydrogen-bond acceptors (Lipinski definition) is 2. The van der Waals surface area contributed by atoms with Crippen molar-refractivity contribution in [2.24, 2.45) is 5.92 Å². The zero-order chi connectivity index (χ0) is 8.10. The molecule has 0 saturated carbocycles. The van der Waals surface area contributed by atoms with Crippen molar-refractivity contribution < 1.29 is 0 Å². The Morgan fingerprint density at radius 1 is 1.73 bits per heavy atom. The lowest BCUT2D eigenvalue weighted by Crippen LogP contribution is -2.47. The second kappa shape index (κ2) is 4.39. The second-order valence-corrected chi connectivity index (χ2v) is 3.14. The van der Waals surface area contributed by atoms with Crippen LogP contribution in [0.1, 0.15) is 19.8 Å². The maximum Gasteiger partial charge on any atom is 0.0408 e. The third-order valence-electron chi connectivity index (χ3n) is 2.48. The van der Waals surface area contributed by atoms with Crippen molar-refractivity contribution >= 4 is 0 Å². The van der Waals surface area contributed by atoms with E-state index in [4.69, 9.17) is 0 Å². The molecule has 11 heavy (non-hydrogen) atoms. The van der Waals surface area contributed by atoms with E-state index in [1.807, 2.05) is 0 Å². The average molecular weight is 154 g/mol. The molecule has 1 aliphatic rings. The van der Waals surface area contributed by atoms with E-state index in [-0.39, 0.29) is 0 Å². The fraction of sp³-hybridized carbons (Fsp3) is 0.778. The minimum Gasteiger partial charge on any atom is -0.387 e. The fourth-order valence-electron chi connectivity index (χ4n) is 1.75. The largest absolute Gasteiger partial charge is 0.387 e. The molecule has 2 atom stereocenters. The Balaban J connectivity index is 2.37. The predicted molar refractivity (Wildman–Crippen MR) is 48.4 cm³/mol. The number of nitrogens with one attached hydrogen (secondary N) is 2. The van der Waals surface area contributed by atoms with Crippen LogP contribution in [0.4, 0.5) is 0 Å². The molecule has 2 heteroatoms. The molecule has 2 unspecified atom stereocenters. The van der Waals surface area contributed by atoms with E-state index < -0.39 is 0 Å².